The molecule has 0 aliphatic carbocycles. The summed E-state index contributed by atoms with van der Waals surface area (Å²) in [4.78, 5) is 14.7. The standard InChI is InChI=1S/C16H17N5O/c22-16(15-12-5-1-2-6-14(12)19-20-15)21-9-3-4-11(10-21)13-7-8-17-18-13/h1-2,5-8,11H,3-4,9-10H2,(H,17,18)(H,19,20)/t11-/m0/s1. The van der Waals surface area contributed by atoms with Crippen molar-refractivity contribution >= 4 is 16.8 Å². The fraction of sp³-hybridized carbons (Fsp3) is 0.312. The van der Waals surface area contributed by atoms with Gasteiger partial charge in [0.2, 0.25) is 0 Å². The molecule has 1 fully saturated rings. The Kier molecular flexibility index (Phi) is 3.14. The summed E-state index contributed by atoms with van der Waals surface area (Å²) in [5.41, 5.74) is 2.51. The number of aromatic nitrogens is 4. The van der Waals surface area contributed by atoms with Crippen LogP contribution >= 0.6 is 0 Å². The Morgan fingerprint density at radius 3 is 3.00 bits per heavy atom. The molecular formula is C16H17N5O. The molecule has 1 atom stereocenters. The molecule has 3 heterocycles. The number of carbonyl (C=O) groups is 1. The third-order valence-corrected chi connectivity index (χ3v) is 4.34. The average molecular weight is 295 g/mol. The molecule has 6 heteroatoms. The van der Waals surface area contributed by atoms with E-state index >= 15 is 0 Å². The van der Waals surface area contributed by atoms with Gasteiger partial charge in [0, 0.05) is 36.3 Å². The van der Waals surface area contributed by atoms with Crippen molar-refractivity contribution in [2.45, 2.75) is 18.8 Å². The Balaban J connectivity index is 1.60. The molecule has 1 aromatic carbocycles. The first-order valence-electron chi connectivity index (χ1n) is 7.54. The number of piperidine rings is 1. The van der Waals surface area contributed by atoms with E-state index in [9.17, 15) is 4.79 Å². The number of nitrogens with zero attached hydrogens (tertiary/aromatic N) is 3. The molecule has 1 amide bonds. The van der Waals surface area contributed by atoms with Gasteiger partial charge in [0.05, 0.1) is 5.52 Å². The third kappa shape index (κ3) is 2.16. The molecule has 2 N–H and O–H groups in total. The van der Waals surface area contributed by atoms with Gasteiger partial charge in [-0.25, -0.2) is 0 Å². The van der Waals surface area contributed by atoms with Crippen LogP contribution in [0.2, 0.25) is 0 Å². The van der Waals surface area contributed by atoms with Crippen LogP contribution in [0.25, 0.3) is 10.9 Å². The predicted molar refractivity (Wildman–Crippen MR) is 82.6 cm³/mol. The minimum absolute atomic E-state index is 0.00154. The maximum atomic E-state index is 12.8. The second-order valence-corrected chi connectivity index (χ2v) is 5.72. The summed E-state index contributed by atoms with van der Waals surface area (Å²) in [5.74, 6) is 0.326. The van der Waals surface area contributed by atoms with E-state index in [0.29, 0.717) is 18.2 Å². The molecule has 0 bridgehead atoms. The Morgan fingerprint density at radius 1 is 1.23 bits per heavy atom. The van der Waals surface area contributed by atoms with E-state index in [1.54, 1.807) is 6.20 Å². The Labute approximate surface area is 127 Å². The maximum absolute atomic E-state index is 12.8. The molecule has 6 nitrogen and oxygen atoms in total. The largest absolute Gasteiger partial charge is 0.337 e. The van der Waals surface area contributed by atoms with Crippen molar-refractivity contribution in [3.8, 4) is 0 Å². The molecule has 22 heavy (non-hydrogen) atoms. The summed E-state index contributed by atoms with van der Waals surface area (Å²) >= 11 is 0. The van der Waals surface area contributed by atoms with Crippen molar-refractivity contribution in [2.75, 3.05) is 13.1 Å². The number of fused-ring (bicyclic) bond motifs is 1. The average Bonchev–Trinajstić information content (AvgIpc) is 3.24. The van der Waals surface area contributed by atoms with Crippen molar-refractivity contribution in [3.63, 3.8) is 0 Å². The lowest BCUT2D eigenvalue weighted by Crippen LogP contribution is -2.39. The third-order valence-electron chi connectivity index (χ3n) is 4.34. The minimum atomic E-state index is 0.00154. The highest BCUT2D eigenvalue weighted by molar-refractivity contribution is 6.04. The molecule has 0 radical (unpaired) electrons. The highest BCUT2D eigenvalue weighted by atomic mass is 16.2. The lowest BCUT2D eigenvalue weighted by molar-refractivity contribution is 0.0702. The van der Waals surface area contributed by atoms with Gasteiger partial charge in [0.15, 0.2) is 5.69 Å². The lowest BCUT2D eigenvalue weighted by atomic mass is 9.94. The van der Waals surface area contributed by atoms with Crippen LogP contribution in [0.4, 0.5) is 0 Å². The normalized spacial score (nSPS) is 18.7. The first-order valence-corrected chi connectivity index (χ1v) is 7.54. The smallest absolute Gasteiger partial charge is 0.275 e. The zero-order chi connectivity index (χ0) is 14.9. The molecular weight excluding hydrogens is 278 g/mol. The zero-order valence-corrected chi connectivity index (χ0v) is 12.1. The van der Waals surface area contributed by atoms with Gasteiger partial charge < -0.3 is 4.90 Å². The van der Waals surface area contributed by atoms with Crippen molar-refractivity contribution in [3.05, 3.63) is 47.9 Å². The summed E-state index contributed by atoms with van der Waals surface area (Å²) in [5, 5.41) is 15.1. The highest BCUT2D eigenvalue weighted by Crippen LogP contribution is 2.27. The molecule has 0 saturated carbocycles. The molecule has 0 spiro atoms. The van der Waals surface area contributed by atoms with Crippen LogP contribution in [0.1, 0.15) is 34.9 Å². The maximum Gasteiger partial charge on any atom is 0.275 e. The van der Waals surface area contributed by atoms with Crippen LogP contribution in [0.15, 0.2) is 36.5 Å². The number of benzene rings is 1. The van der Waals surface area contributed by atoms with Crippen molar-refractivity contribution in [1.82, 2.24) is 25.3 Å². The van der Waals surface area contributed by atoms with Gasteiger partial charge in [0.25, 0.3) is 5.91 Å². The van der Waals surface area contributed by atoms with E-state index in [1.807, 2.05) is 35.2 Å². The molecule has 1 saturated heterocycles. The Hall–Kier alpha value is -2.63. The fourth-order valence-corrected chi connectivity index (χ4v) is 3.19. The molecule has 1 aliphatic heterocycles. The zero-order valence-electron chi connectivity index (χ0n) is 12.1. The molecule has 4 rings (SSSR count). The van der Waals surface area contributed by atoms with E-state index in [-0.39, 0.29) is 5.91 Å². The summed E-state index contributed by atoms with van der Waals surface area (Å²) in [6, 6.07) is 9.72. The number of aromatic amines is 2. The number of carbonyl (C=O) groups excluding carboxylic acids is 1. The monoisotopic (exact) mass is 295 g/mol. The predicted octanol–water partition coefficient (Wildman–Crippen LogP) is 2.31. The second kappa shape index (κ2) is 5.29. The van der Waals surface area contributed by atoms with E-state index in [0.717, 1.165) is 36.0 Å². The van der Waals surface area contributed by atoms with Gasteiger partial charge in [-0.1, -0.05) is 18.2 Å². The molecule has 1 aliphatic rings. The van der Waals surface area contributed by atoms with Gasteiger partial charge in [-0.2, -0.15) is 10.2 Å². The summed E-state index contributed by atoms with van der Waals surface area (Å²) in [6.45, 7) is 1.49. The van der Waals surface area contributed by atoms with Crippen LogP contribution in [0.5, 0.6) is 0 Å². The Morgan fingerprint density at radius 2 is 2.14 bits per heavy atom. The Bertz CT molecular complexity index is 792. The first-order chi connectivity index (χ1) is 10.8. The number of hydrogen-bond donors (Lipinski definition) is 2. The van der Waals surface area contributed by atoms with Crippen LogP contribution < -0.4 is 0 Å². The van der Waals surface area contributed by atoms with Gasteiger partial charge in [-0.15, -0.1) is 0 Å². The van der Waals surface area contributed by atoms with Gasteiger partial charge in [-0.3, -0.25) is 15.0 Å². The number of likely N-dealkylation sites (tertiary alicyclic amines) is 1. The van der Waals surface area contributed by atoms with Crippen LogP contribution in [0.3, 0.4) is 0 Å². The van der Waals surface area contributed by atoms with E-state index < -0.39 is 0 Å². The number of H-pyrrole nitrogens is 2. The van der Waals surface area contributed by atoms with Gasteiger partial charge in [0.1, 0.15) is 0 Å². The topological polar surface area (TPSA) is 77.7 Å². The molecule has 0 unspecified atom stereocenters. The quantitative estimate of drug-likeness (QED) is 0.761. The minimum Gasteiger partial charge on any atom is -0.337 e. The SMILES string of the molecule is O=C(c1n[nH]c2ccccc12)N1CCC[C@H](c2ccn[nH]2)C1. The fourth-order valence-electron chi connectivity index (χ4n) is 3.19. The van der Waals surface area contributed by atoms with Crippen LogP contribution in [0, 0.1) is 0 Å². The van der Waals surface area contributed by atoms with Gasteiger partial charge in [-0.05, 0) is 25.0 Å². The number of para-hydroxylation sites is 1. The molecule has 3 aromatic rings. The van der Waals surface area contributed by atoms with E-state index in [1.165, 1.54) is 0 Å². The van der Waals surface area contributed by atoms with Crippen LogP contribution in [-0.4, -0.2) is 44.3 Å². The van der Waals surface area contributed by atoms with Crippen molar-refractivity contribution < 1.29 is 4.79 Å². The summed E-state index contributed by atoms with van der Waals surface area (Å²) < 4.78 is 0. The number of rotatable bonds is 2. The number of amides is 1. The number of nitrogens with one attached hydrogen (secondary N) is 2. The van der Waals surface area contributed by atoms with Crippen LogP contribution in [-0.2, 0) is 0 Å². The highest BCUT2D eigenvalue weighted by Gasteiger charge is 2.28. The lowest BCUT2D eigenvalue weighted by Gasteiger charge is -2.31. The van der Waals surface area contributed by atoms with E-state index in [2.05, 4.69) is 20.4 Å². The molecule has 112 valence electrons. The first kappa shape index (κ1) is 13.1. The summed E-state index contributed by atoms with van der Waals surface area (Å²) in [6.07, 6.45) is 3.84. The van der Waals surface area contributed by atoms with Crippen molar-refractivity contribution in [2.24, 2.45) is 0 Å². The van der Waals surface area contributed by atoms with Crippen molar-refractivity contribution in [1.29, 1.82) is 0 Å². The van der Waals surface area contributed by atoms with E-state index in [4.69, 9.17) is 0 Å². The molecule has 2 aromatic heterocycles. The second-order valence-electron chi connectivity index (χ2n) is 5.72. The number of hydrogen-bond acceptors (Lipinski definition) is 3. The summed E-state index contributed by atoms with van der Waals surface area (Å²) in [7, 11) is 0. The van der Waals surface area contributed by atoms with Gasteiger partial charge >= 0.3 is 0 Å².